The number of thiocarbonyl (C=S) groups is 1. The zero-order valence-electron chi connectivity index (χ0n) is 19.4. The predicted octanol–water partition coefficient (Wildman–Crippen LogP) is 3.15. The van der Waals surface area contributed by atoms with Crippen LogP contribution in [0.25, 0.3) is 0 Å². The highest BCUT2D eigenvalue weighted by Crippen LogP contribution is 2.30. The third-order valence-corrected chi connectivity index (χ3v) is 7.21. The van der Waals surface area contributed by atoms with E-state index in [1.165, 1.54) is 11.0 Å². The largest absolute Gasteiger partial charge is 0.368 e. The number of carbonyl (C=O) groups is 3. The zero-order chi connectivity index (χ0) is 25.2. The first-order chi connectivity index (χ1) is 17.4. The fourth-order valence-corrected chi connectivity index (χ4v) is 5.06. The number of amides is 3. The summed E-state index contributed by atoms with van der Waals surface area (Å²) >= 11 is 11.4. The summed E-state index contributed by atoms with van der Waals surface area (Å²) in [5, 5.41) is 3.27. The topological polar surface area (TPSA) is 85.8 Å². The number of pyridine rings is 1. The van der Waals surface area contributed by atoms with Gasteiger partial charge < -0.3 is 20.0 Å². The monoisotopic (exact) mass is 521 g/mol. The molecule has 10 heteroatoms. The molecule has 36 heavy (non-hydrogen) atoms. The lowest BCUT2D eigenvalue weighted by Crippen LogP contribution is -2.51. The highest BCUT2D eigenvalue weighted by molar-refractivity contribution is 7.81. The molecule has 3 aliphatic rings. The average molecular weight is 522 g/mol. The van der Waals surface area contributed by atoms with Gasteiger partial charge in [0.05, 0.1) is 16.8 Å². The number of hydrogen-bond donors (Lipinski definition) is 1. The van der Waals surface area contributed by atoms with Crippen molar-refractivity contribution in [2.24, 2.45) is 0 Å². The summed E-state index contributed by atoms with van der Waals surface area (Å²) < 4.78 is 0. The summed E-state index contributed by atoms with van der Waals surface area (Å²) in [6, 6.07) is 9.22. The number of anilines is 2. The van der Waals surface area contributed by atoms with Crippen molar-refractivity contribution in [2.75, 3.05) is 42.9 Å². The Labute approximate surface area is 219 Å². The molecule has 8 nitrogen and oxygen atoms in total. The van der Waals surface area contributed by atoms with E-state index in [0.717, 1.165) is 24.3 Å². The molecule has 1 saturated heterocycles. The Bertz CT molecular complexity index is 1300. The molecular weight excluding hydrogens is 498 g/mol. The highest BCUT2D eigenvalue weighted by atomic mass is 35.5. The number of hydrogen-bond acceptors (Lipinski definition) is 6. The summed E-state index contributed by atoms with van der Waals surface area (Å²) in [5.74, 6) is -0.771. The van der Waals surface area contributed by atoms with Crippen LogP contribution < -0.4 is 10.2 Å². The predicted molar refractivity (Wildman–Crippen MR) is 142 cm³/mol. The second kappa shape index (κ2) is 10.2. The van der Waals surface area contributed by atoms with Gasteiger partial charge in [0.15, 0.2) is 0 Å². The molecule has 3 heterocycles. The molecule has 1 aromatic carbocycles. The third kappa shape index (κ3) is 4.89. The lowest BCUT2D eigenvalue weighted by molar-refractivity contribution is -0.132. The molecule has 0 atom stereocenters. The van der Waals surface area contributed by atoms with Gasteiger partial charge in [0.2, 0.25) is 5.91 Å². The molecule has 2 aliphatic heterocycles. The fraction of sp³-hybridized carbons (Fsp3) is 0.269. The number of carbonyl (C=O) groups excluding carboxylic acids is 3. The van der Waals surface area contributed by atoms with Crippen LogP contribution in [0.1, 0.15) is 22.3 Å². The van der Waals surface area contributed by atoms with Gasteiger partial charge in [0.25, 0.3) is 11.8 Å². The van der Waals surface area contributed by atoms with Crippen LogP contribution >= 0.6 is 23.8 Å². The summed E-state index contributed by atoms with van der Waals surface area (Å²) in [6.07, 6.45) is 7.22. The Morgan fingerprint density at radius 2 is 1.83 bits per heavy atom. The normalized spacial score (nSPS) is 17.5. The molecule has 1 fully saturated rings. The number of nitrogens with one attached hydrogen (secondary N) is 1. The first-order valence-corrected chi connectivity index (χ1v) is 12.4. The molecule has 2 aromatic rings. The molecule has 0 bridgehead atoms. The molecule has 1 N–H and O–H groups in total. The summed E-state index contributed by atoms with van der Waals surface area (Å²) in [6.45, 7) is 2.92. The van der Waals surface area contributed by atoms with Crippen molar-refractivity contribution in [1.29, 1.82) is 0 Å². The van der Waals surface area contributed by atoms with E-state index >= 15 is 0 Å². The van der Waals surface area contributed by atoms with Crippen molar-refractivity contribution < 1.29 is 14.4 Å². The van der Waals surface area contributed by atoms with Crippen molar-refractivity contribution in [3.63, 3.8) is 0 Å². The van der Waals surface area contributed by atoms with Gasteiger partial charge in [-0.15, -0.1) is 0 Å². The van der Waals surface area contributed by atoms with Crippen LogP contribution in [-0.2, 0) is 16.1 Å². The van der Waals surface area contributed by atoms with Crippen LogP contribution in [0.3, 0.4) is 0 Å². The van der Waals surface area contributed by atoms with E-state index in [9.17, 15) is 14.4 Å². The number of aromatic nitrogens is 1. The maximum Gasteiger partial charge on any atom is 0.257 e. The Kier molecular flexibility index (Phi) is 6.84. The van der Waals surface area contributed by atoms with Gasteiger partial charge >= 0.3 is 0 Å². The quantitative estimate of drug-likeness (QED) is 0.608. The zero-order valence-corrected chi connectivity index (χ0v) is 21.0. The summed E-state index contributed by atoms with van der Waals surface area (Å²) in [4.78, 5) is 49.3. The van der Waals surface area contributed by atoms with Crippen LogP contribution in [0.5, 0.6) is 0 Å². The van der Waals surface area contributed by atoms with E-state index in [4.69, 9.17) is 23.8 Å². The average Bonchev–Trinajstić information content (AvgIpc) is 3.21. The second-order valence-corrected chi connectivity index (χ2v) is 9.73. The number of fused-ring (bicyclic) bond motifs is 1. The molecule has 0 unspecified atom stereocenters. The molecule has 0 radical (unpaired) electrons. The summed E-state index contributed by atoms with van der Waals surface area (Å²) in [7, 11) is 0. The minimum atomic E-state index is -0.408. The van der Waals surface area contributed by atoms with Gasteiger partial charge in [-0.1, -0.05) is 42.0 Å². The van der Waals surface area contributed by atoms with Gasteiger partial charge in [-0.2, -0.15) is 0 Å². The van der Waals surface area contributed by atoms with Crippen LogP contribution in [-0.4, -0.2) is 70.1 Å². The van der Waals surface area contributed by atoms with Gasteiger partial charge in [-0.25, -0.2) is 0 Å². The van der Waals surface area contributed by atoms with Gasteiger partial charge in [0, 0.05) is 67.1 Å². The third-order valence-electron chi connectivity index (χ3n) is 6.56. The molecule has 5 rings (SSSR count). The number of piperazine rings is 1. The smallest absolute Gasteiger partial charge is 0.257 e. The minimum absolute atomic E-state index is 0.00814. The minimum Gasteiger partial charge on any atom is -0.368 e. The van der Waals surface area contributed by atoms with E-state index < -0.39 is 5.91 Å². The Morgan fingerprint density at radius 3 is 2.58 bits per heavy atom. The molecular formula is C26H24ClN5O3S. The van der Waals surface area contributed by atoms with Gasteiger partial charge in [0.1, 0.15) is 6.54 Å². The summed E-state index contributed by atoms with van der Waals surface area (Å²) in [5.41, 5.74) is 2.98. The SMILES string of the molecule is O=C(Nc1cccc2c1C(=O)N(CC(=O)N1CCN(c3ccncc3)CC1)C2)C1=CC(Cl)=CCC1=S. The molecule has 0 spiro atoms. The Morgan fingerprint density at radius 1 is 1.08 bits per heavy atom. The number of halogens is 1. The van der Waals surface area contributed by atoms with E-state index in [-0.39, 0.29) is 18.4 Å². The van der Waals surface area contributed by atoms with E-state index in [1.807, 2.05) is 18.2 Å². The number of allylic oxidation sites excluding steroid dienone is 3. The van der Waals surface area contributed by atoms with E-state index in [1.54, 1.807) is 35.5 Å². The number of benzene rings is 1. The van der Waals surface area contributed by atoms with Gasteiger partial charge in [-0.05, 0) is 29.8 Å². The molecule has 184 valence electrons. The van der Waals surface area contributed by atoms with Crippen molar-refractivity contribution in [2.45, 2.75) is 13.0 Å². The van der Waals surface area contributed by atoms with Crippen molar-refractivity contribution in [3.05, 3.63) is 76.6 Å². The maximum atomic E-state index is 13.3. The first-order valence-electron chi connectivity index (χ1n) is 11.7. The van der Waals surface area contributed by atoms with E-state index in [2.05, 4.69) is 15.2 Å². The lowest BCUT2D eigenvalue weighted by atomic mass is 10.0. The van der Waals surface area contributed by atoms with Crippen molar-refractivity contribution in [1.82, 2.24) is 14.8 Å². The molecule has 3 amide bonds. The van der Waals surface area contributed by atoms with Crippen molar-refractivity contribution in [3.8, 4) is 0 Å². The Balaban J connectivity index is 1.23. The fourth-order valence-electron chi connectivity index (χ4n) is 4.64. The van der Waals surface area contributed by atoms with E-state index in [0.29, 0.717) is 52.8 Å². The maximum absolute atomic E-state index is 13.3. The van der Waals surface area contributed by atoms with Crippen LogP contribution in [0.4, 0.5) is 11.4 Å². The lowest BCUT2D eigenvalue weighted by Gasteiger charge is -2.36. The standard InChI is InChI=1S/C26H24ClN5O3S/c27-18-4-5-22(36)20(14-18)25(34)29-21-3-1-2-17-15-32(26(35)24(17)21)16-23(33)31-12-10-30(11-13-31)19-6-8-28-9-7-19/h1-4,6-9,14H,5,10-13,15-16H2,(H,29,34). The number of rotatable bonds is 5. The van der Waals surface area contributed by atoms with Crippen LogP contribution in [0, 0.1) is 0 Å². The molecule has 1 aliphatic carbocycles. The Hall–Kier alpha value is -3.56. The van der Waals surface area contributed by atoms with Crippen LogP contribution in [0.15, 0.2) is 65.5 Å². The van der Waals surface area contributed by atoms with Crippen molar-refractivity contribution >= 4 is 57.8 Å². The second-order valence-electron chi connectivity index (χ2n) is 8.80. The van der Waals surface area contributed by atoms with Crippen LogP contribution in [0.2, 0.25) is 0 Å². The molecule has 0 saturated carbocycles. The first kappa shape index (κ1) is 24.1. The molecule has 1 aromatic heterocycles. The highest BCUT2D eigenvalue weighted by Gasteiger charge is 2.33. The number of nitrogens with zero attached hydrogens (tertiary/aromatic N) is 4. The van der Waals surface area contributed by atoms with Gasteiger partial charge in [-0.3, -0.25) is 19.4 Å².